The average molecular weight is 1360 g/mol. The number of primary amides is 1. The zero-order chi connectivity index (χ0) is 71.6. The number of aliphatic hydroxyl groups is 2. The number of esters is 1. The molecular formula is C71H86N8O19. The standard InChI is InChI=1S/C71H86N8O19/c1-35(2)55(76-49(81)23-13-12-14-32-79-50(82)28-29-51(79)83)69(91)75-45(20-17-31-73-70(72)92)68(90)74-44-26-24-43(25-27-44)34-94-47-21-16-22-48-56(47)77-57-52-53-61(86)41(8)64-54(52)66(88)71(10,98-64)95-33-30-46(93-11)38(5)63(96-42(9)80)40(7)60(85)39(6)59(84)36(3)18-15-19-37(4)67(89)78-58(62(53)87)65(57)97-48/h15-16,18-19,21-22,24-30,33,35-36,38-40,45-46,55,59-60,63,84-85,87H,12-14,17,20,23,31-32,34H2,1-11H3,(H,74,90)(H,75,91)(H,76,81)(H,78,89)(H3,72,73,92)/b18-15+,33-30+,37-19-/t36-,38+,39+,40+,45-,46-,55-,59-,60+,63+,71-/m0/s1. The molecule has 524 valence electrons. The summed E-state index contributed by atoms with van der Waals surface area (Å²) in [5, 5.41) is 48.5. The Morgan fingerprint density at radius 3 is 2.21 bits per heavy atom. The molecule has 4 heterocycles. The molecule has 0 saturated carbocycles. The van der Waals surface area contributed by atoms with Crippen molar-refractivity contribution in [2.24, 2.45) is 35.3 Å². The molecular weight excluding hydrogens is 1270 g/mol. The highest BCUT2D eigenvalue weighted by Gasteiger charge is 2.50. The molecule has 11 atom stereocenters. The predicted molar refractivity (Wildman–Crippen MR) is 361 cm³/mol. The number of imide groups is 1. The number of phenolic OH excluding ortho intramolecular Hbond substituents is 1. The Morgan fingerprint density at radius 1 is 0.847 bits per heavy atom. The van der Waals surface area contributed by atoms with E-state index in [9.17, 15) is 58.5 Å². The number of allylic oxidation sites excluding steroid dienone is 2. The van der Waals surface area contributed by atoms with Gasteiger partial charge in [-0.3, -0.25) is 48.1 Å². The molecule has 0 saturated heterocycles. The number of amides is 8. The largest absolute Gasteiger partial charge is 0.505 e. The van der Waals surface area contributed by atoms with Crippen LogP contribution in [0.2, 0.25) is 0 Å². The lowest BCUT2D eigenvalue weighted by molar-refractivity contribution is -0.160. The Morgan fingerprint density at radius 2 is 1.55 bits per heavy atom. The summed E-state index contributed by atoms with van der Waals surface area (Å²) >= 11 is 0. The first-order valence-electron chi connectivity index (χ1n) is 32.5. The van der Waals surface area contributed by atoms with Crippen LogP contribution in [0.25, 0.3) is 33.0 Å². The summed E-state index contributed by atoms with van der Waals surface area (Å²) in [4.78, 5) is 139. The van der Waals surface area contributed by atoms with Gasteiger partial charge in [0.05, 0.1) is 35.5 Å². The summed E-state index contributed by atoms with van der Waals surface area (Å²) in [7, 11) is 1.41. The normalized spacial score (nSPS) is 23.9. The number of hydrogen-bond donors (Lipinski definition) is 9. The van der Waals surface area contributed by atoms with E-state index in [2.05, 4.69) is 26.6 Å². The molecule has 3 aliphatic rings. The first-order valence-corrected chi connectivity index (χ1v) is 32.5. The third kappa shape index (κ3) is 16.7. The SMILES string of the molecule is CO[C@H]1/C=C/O[C@@]2(C)Oc3c(C)c(=O)c4c(O)c(c5oc6cccc(OCc7ccc(NC(=O)[C@H](CCCNC(N)=O)NC(=O)[C@@H](NC(=O)CCCCCN8C(=O)C=CC8=O)C(C)C)cc7)c6nc5c4c3C2=O)NC(=O)/C(C)=C\C=C\[C@H](C)[C@H](O)[C@@H](C)[C@@H](O)[C@@H](C)[C@H](OC(C)=O)[C@@H]1C. The van der Waals surface area contributed by atoms with Crippen molar-refractivity contribution in [1.29, 1.82) is 0 Å². The number of aromatic hydroxyl groups is 1. The van der Waals surface area contributed by atoms with Crippen molar-refractivity contribution >= 4 is 97.6 Å². The van der Waals surface area contributed by atoms with E-state index in [4.69, 9.17) is 38.8 Å². The topological polar surface area (TPSA) is 393 Å². The van der Waals surface area contributed by atoms with Gasteiger partial charge in [-0.05, 0) is 81.4 Å². The number of methoxy groups -OCH3 is 1. The first-order chi connectivity index (χ1) is 46.5. The van der Waals surface area contributed by atoms with Crippen molar-refractivity contribution in [3.05, 3.63) is 118 Å². The maximum atomic E-state index is 15.1. The quantitative estimate of drug-likeness (QED) is 0.00885. The smallest absolute Gasteiger partial charge is 0.312 e. The Labute approximate surface area is 565 Å². The Balaban J connectivity index is 1.08. The van der Waals surface area contributed by atoms with Crippen LogP contribution < -0.4 is 47.2 Å². The highest BCUT2D eigenvalue weighted by Crippen LogP contribution is 2.49. The lowest BCUT2D eigenvalue weighted by atomic mass is 9.78. The summed E-state index contributed by atoms with van der Waals surface area (Å²) in [5.41, 5.74) is 4.57. The highest BCUT2D eigenvalue weighted by atomic mass is 16.7. The second-order valence-corrected chi connectivity index (χ2v) is 25.6. The van der Waals surface area contributed by atoms with E-state index < -0.39 is 130 Å². The third-order valence-electron chi connectivity index (χ3n) is 18.0. The van der Waals surface area contributed by atoms with Gasteiger partial charge < -0.3 is 75.7 Å². The van der Waals surface area contributed by atoms with Gasteiger partial charge in [0.2, 0.25) is 17.7 Å². The number of nitrogens with one attached hydrogen (secondary N) is 5. The van der Waals surface area contributed by atoms with Crippen LogP contribution >= 0.6 is 0 Å². The number of Topliss-reactive ketones (excluding diaryl/α,β-unsaturated/α-hetero) is 1. The summed E-state index contributed by atoms with van der Waals surface area (Å²) in [6.07, 6.45) is 7.38. The molecule has 4 aromatic carbocycles. The monoisotopic (exact) mass is 1350 g/mol. The number of urea groups is 1. The van der Waals surface area contributed by atoms with Crippen molar-refractivity contribution < 1.29 is 86.6 Å². The number of benzene rings is 4. The first kappa shape index (κ1) is 73.8. The van der Waals surface area contributed by atoms with Crippen LogP contribution in [-0.2, 0) is 54.4 Å². The second kappa shape index (κ2) is 31.9. The number of nitrogens with zero attached hydrogens (tertiary/aromatic N) is 2. The number of fused-ring (bicyclic) bond motifs is 2. The number of ether oxygens (including phenoxy) is 5. The molecule has 8 rings (SSSR count). The van der Waals surface area contributed by atoms with E-state index in [0.717, 1.165) is 4.90 Å². The number of ketones is 1. The highest BCUT2D eigenvalue weighted by molar-refractivity contribution is 6.26. The summed E-state index contributed by atoms with van der Waals surface area (Å²) in [6.45, 7) is 16.0. The van der Waals surface area contributed by atoms with Crippen LogP contribution in [0.1, 0.15) is 122 Å². The maximum absolute atomic E-state index is 15.1. The lowest BCUT2D eigenvalue weighted by Crippen LogP contribution is -2.54. The molecule has 0 radical (unpaired) electrons. The van der Waals surface area contributed by atoms with E-state index in [1.807, 2.05) is 0 Å². The maximum Gasteiger partial charge on any atom is 0.312 e. The predicted octanol–water partition coefficient (Wildman–Crippen LogP) is 7.07. The van der Waals surface area contributed by atoms with Gasteiger partial charge in [-0.15, -0.1) is 0 Å². The Hall–Kier alpha value is -9.99. The Kier molecular flexibility index (Phi) is 24.0. The van der Waals surface area contributed by atoms with Gasteiger partial charge in [0.15, 0.2) is 22.3 Å². The number of aromatic nitrogens is 1. The molecule has 0 spiro atoms. The lowest BCUT2D eigenvalue weighted by Gasteiger charge is -2.38. The molecule has 0 unspecified atom stereocenters. The van der Waals surface area contributed by atoms with Crippen molar-refractivity contribution in [1.82, 2.24) is 25.8 Å². The minimum atomic E-state index is -2.17. The zero-order valence-electron chi connectivity index (χ0n) is 56.6. The van der Waals surface area contributed by atoms with E-state index in [1.165, 1.54) is 65.4 Å². The van der Waals surface area contributed by atoms with E-state index in [-0.39, 0.29) is 112 Å². The molecule has 3 aliphatic heterocycles. The molecule has 5 aromatic rings. The fourth-order valence-electron chi connectivity index (χ4n) is 12.2. The molecule has 0 fully saturated rings. The third-order valence-corrected chi connectivity index (χ3v) is 18.0. The molecule has 8 amide bonds. The number of para-hydroxylation sites is 1. The molecule has 98 heavy (non-hydrogen) atoms. The fourth-order valence-corrected chi connectivity index (χ4v) is 12.2. The van der Waals surface area contributed by atoms with Crippen LogP contribution in [0.3, 0.4) is 0 Å². The van der Waals surface area contributed by atoms with Gasteiger partial charge in [-0.2, -0.15) is 0 Å². The van der Waals surface area contributed by atoms with Gasteiger partial charge in [0.1, 0.15) is 53.0 Å². The van der Waals surface area contributed by atoms with Crippen LogP contribution in [0, 0.1) is 36.5 Å². The van der Waals surface area contributed by atoms with Gasteiger partial charge in [-0.1, -0.05) is 84.4 Å². The van der Waals surface area contributed by atoms with E-state index >= 15 is 4.79 Å². The number of carbonyl (C=O) groups excluding carboxylic acids is 9. The van der Waals surface area contributed by atoms with E-state index in [1.54, 1.807) is 96.2 Å². The molecule has 1 aromatic heterocycles. The molecule has 10 N–H and O–H groups in total. The van der Waals surface area contributed by atoms with Crippen molar-refractivity contribution in [2.45, 2.75) is 157 Å². The molecule has 27 heteroatoms. The van der Waals surface area contributed by atoms with Gasteiger partial charge in [-0.25, -0.2) is 9.78 Å². The van der Waals surface area contributed by atoms with Gasteiger partial charge in [0, 0.05) is 98.5 Å². The zero-order valence-corrected chi connectivity index (χ0v) is 56.6. The fraction of sp³-hybridized carbons (Fsp3) is 0.451. The summed E-state index contributed by atoms with van der Waals surface area (Å²) < 4.78 is 37.0. The van der Waals surface area contributed by atoms with Crippen LogP contribution in [0.5, 0.6) is 17.2 Å². The molecule has 4 bridgehead atoms. The number of aliphatic hydroxyl groups excluding tert-OH is 2. The summed E-state index contributed by atoms with van der Waals surface area (Å²) in [6, 6.07) is 8.38. The van der Waals surface area contributed by atoms with Crippen LogP contribution in [0.15, 0.2) is 100.0 Å². The van der Waals surface area contributed by atoms with Crippen molar-refractivity contribution in [3.63, 3.8) is 0 Å². The van der Waals surface area contributed by atoms with Crippen LogP contribution in [0.4, 0.5) is 16.2 Å². The van der Waals surface area contributed by atoms with E-state index in [0.29, 0.717) is 30.5 Å². The van der Waals surface area contributed by atoms with Gasteiger partial charge in [0.25, 0.3) is 23.5 Å². The Bertz CT molecular complexity index is 4090. The number of rotatable bonds is 21. The number of hydrogen-bond acceptors (Lipinski definition) is 20. The van der Waals surface area contributed by atoms with Crippen LogP contribution in [-0.4, -0.2) is 141 Å². The number of phenols is 1. The van der Waals surface area contributed by atoms with Gasteiger partial charge >= 0.3 is 17.8 Å². The van der Waals surface area contributed by atoms with Crippen molar-refractivity contribution in [2.75, 3.05) is 30.8 Å². The van der Waals surface area contributed by atoms with Crippen molar-refractivity contribution in [3.8, 4) is 17.2 Å². The number of anilines is 2. The number of nitrogens with two attached hydrogens (primary N) is 1. The number of carbonyl (C=O) groups is 9. The minimum absolute atomic E-state index is 0.0648. The average Bonchev–Trinajstić information content (AvgIpc) is 1.39. The minimum Gasteiger partial charge on any atom is -0.505 e. The number of unbranched alkanes of at least 4 members (excludes halogenated alkanes) is 2. The molecule has 27 nitrogen and oxygen atoms in total. The molecule has 0 aliphatic carbocycles. The second-order valence-electron chi connectivity index (χ2n) is 25.6. The summed E-state index contributed by atoms with van der Waals surface area (Å²) in [5.74, 6) is -10.7.